The molecule has 7 heteroatoms. The van der Waals surface area contributed by atoms with Gasteiger partial charge >= 0.3 is 0 Å². The summed E-state index contributed by atoms with van der Waals surface area (Å²) in [5.41, 5.74) is 1.24. The maximum Gasteiger partial charge on any atom is 0.274 e. The number of nitrogens with one attached hydrogen (secondary N) is 1. The van der Waals surface area contributed by atoms with E-state index in [0.717, 1.165) is 0 Å². The summed E-state index contributed by atoms with van der Waals surface area (Å²) in [4.78, 5) is 23.4. The lowest BCUT2D eigenvalue weighted by Gasteiger charge is -2.08. The van der Waals surface area contributed by atoms with Crippen LogP contribution in [0.5, 0.6) is 0 Å². The van der Waals surface area contributed by atoms with Gasteiger partial charge in [-0.1, -0.05) is 12.1 Å². The Balaban J connectivity index is 2.00. The van der Waals surface area contributed by atoms with Crippen LogP contribution in [0.4, 0.5) is 15.8 Å². The van der Waals surface area contributed by atoms with Crippen molar-refractivity contribution >= 4 is 38.7 Å². The molecule has 122 valence electrons. The Morgan fingerprint density at radius 1 is 1.17 bits per heavy atom. The highest BCUT2D eigenvalue weighted by atomic mass is 32.1. The van der Waals surface area contributed by atoms with E-state index in [9.17, 15) is 19.3 Å². The zero-order valence-corrected chi connectivity index (χ0v) is 13.7. The number of nitro groups is 1. The van der Waals surface area contributed by atoms with Crippen molar-refractivity contribution in [3.05, 3.63) is 68.3 Å². The van der Waals surface area contributed by atoms with Crippen LogP contribution in [0.1, 0.15) is 20.8 Å². The second-order valence-corrected chi connectivity index (χ2v) is 6.38. The number of nitro benzene ring substituents is 1. The van der Waals surface area contributed by atoms with Gasteiger partial charge in [-0.05, 0) is 37.6 Å². The lowest BCUT2D eigenvalue weighted by atomic mass is 10.1. The van der Waals surface area contributed by atoms with Gasteiger partial charge in [-0.3, -0.25) is 14.9 Å². The van der Waals surface area contributed by atoms with E-state index in [0.29, 0.717) is 31.8 Å². The van der Waals surface area contributed by atoms with Gasteiger partial charge in [0, 0.05) is 16.2 Å². The standard InChI is InChI=1S/C17H13FN2O3S/c1-9-12(6-4-7-13(9)20(22)23)19-17(21)16-10(2)15-11(18)5-3-8-14(15)24-16/h3-8H,1-2H3,(H,19,21). The van der Waals surface area contributed by atoms with Crippen molar-refractivity contribution in [2.75, 3.05) is 5.32 Å². The van der Waals surface area contributed by atoms with Crippen LogP contribution in [-0.4, -0.2) is 10.8 Å². The molecule has 1 N–H and O–H groups in total. The number of thiophene rings is 1. The normalized spacial score (nSPS) is 10.8. The molecule has 0 aliphatic heterocycles. The minimum absolute atomic E-state index is 0.0630. The number of carbonyl (C=O) groups excluding carboxylic acids is 1. The van der Waals surface area contributed by atoms with Crippen LogP contribution in [0.3, 0.4) is 0 Å². The van der Waals surface area contributed by atoms with Crippen LogP contribution in [0.15, 0.2) is 36.4 Å². The minimum Gasteiger partial charge on any atom is -0.321 e. The molecular formula is C17H13FN2O3S. The van der Waals surface area contributed by atoms with Crippen LogP contribution in [0.2, 0.25) is 0 Å². The molecule has 0 saturated heterocycles. The van der Waals surface area contributed by atoms with E-state index in [4.69, 9.17) is 0 Å². The third kappa shape index (κ3) is 2.63. The molecule has 3 rings (SSSR count). The van der Waals surface area contributed by atoms with E-state index in [-0.39, 0.29) is 11.5 Å². The summed E-state index contributed by atoms with van der Waals surface area (Å²) in [6.07, 6.45) is 0. The minimum atomic E-state index is -0.495. The topological polar surface area (TPSA) is 72.2 Å². The Hall–Kier alpha value is -2.80. The number of halogens is 1. The molecule has 0 spiro atoms. The van der Waals surface area contributed by atoms with Crippen molar-refractivity contribution in [3.63, 3.8) is 0 Å². The number of rotatable bonds is 3. The fourth-order valence-electron chi connectivity index (χ4n) is 2.61. The van der Waals surface area contributed by atoms with Gasteiger partial charge in [0.2, 0.25) is 0 Å². The van der Waals surface area contributed by atoms with Crippen molar-refractivity contribution in [1.29, 1.82) is 0 Å². The first-order valence-electron chi connectivity index (χ1n) is 7.13. The molecule has 1 aromatic heterocycles. The lowest BCUT2D eigenvalue weighted by Crippen LogP contribution is -2.12. The summed E-state index contributed by atoms with van der Waals surface area (Å²) in [7, 11) is 0. The molecular weight excluding hydrogens is 331 g/mol. The van der Waals surface area contributed by atoms with Gasteiger partial charge in [-0.2, -0.15) is 0 Å². The van der Waals surface area contributed by atoms with Gasteiger partial charge < -0.3 is 5.32 Å². The van der Waals surface area contributed by atoms with Gasteiger partial charge in [0.25, 0.3) is 11.6 Å². The van der Waals surface area contributed by atoms with Crippen LogP contribution >= 0.6 is 11.3 Å². The second-order valence-electron chi connectivity index (χ2n) is 5.33. The maximum atomic E-state index is 14.0. The molecule has 0 aliphatic rings. The second kappa shape index (κ2) is 6.01. The predicted octanol–water partition coefficient (Wildman–Crippen LogP) is 4.82. The molecule has 0 unspecified atom stereocenters. The number of hydrogen-bond donors (Lipinski definition) is 1. The average Bonchev–Trinajstić information content (AvgIpc) is 2.87. The van der Waals surface area contributed by atoms with E-state index < -0.39 is 10.8 Å². The van der Waals surface area contributed by atoms with E-state index >= 15 is 0 Å². The highest BCUT2D eigenvalue weighted by Gasteiger charge is 2.20. The molecule has 1 heterocycles. The summed E-state index contributed by atoms with van der Waals surface area (Å²) in [5.74, 6) is -0.775. The monoisotopic (exact) mass is 344 g/mol. The molecule has 0 atom stereocenters. The first-order chi connectivity index (χ1) is 11.4. The first-order valence-corrected chi connectivity index (χ1v) is 7.94. The van der Waals surface area contributed by atoms with Crippen molar-refractivity contribution < 1.29 is 14.1 Å². The number of nitrogens with zero attached hydrogens (tertiary/aromatic N) is 1. The summed E-state index contributed by atoms with van der Waals surface area (Å²) in [5, 5.41) is 14.1. The summed E-state index contributed by atoms with van der Waals surface area (Å²) in [6, 6.07) is 9.20. The molecule has 0 fully saturated rings. The van der Waals surface area contributed by atoms with Gasteiger partial charge in [-0.15, -0.1) is 11.3 Å². The molecule has 5 nitrogen and oxygen atoms in total. The number of fused-ring (bicyclic) bond motifs is 1. The molecule has 0 bridgehead atoms. The van der Waals surface area contributed by atoms with E-state index in [1.165, 1.54) is 29.5 Å². The van der Waals surface area contributed by atoms with Crippen molar-refractivity contribution in [2.45, 2.75) is 13.8 Å². The third-order valence-electron chi connectivity index (χ3n) is 3.86. The van der Waals surface area contributed by atoms with Gasteiger partial charge in [-0.25, -0.2) is 4.39 Å². The zero-order chi connectivity index (χ0) is 17.4. The summed E-state index contributed by atoms with van der Waals surface area (Å²) >= 11 is 1.20. The Bertz CT molecular complexity index is 981. The zero-order valence-electron chi connectivity index (χ0n) is 12.9. The first kappa shape index (κ1) is 16.1. The molecule has 1 amide bonds. The Kier molecular flexibility index (Phi) is 4.02. The third-order valence-corrected chi connectivity index (χ3v) is 5.12. The quantitative estimate of drug-likeness (QED) is 0.547. The van der Waals surface area contributed by atoms with Crippen LogP contribution in [0.25, 0.3) is 10.1 Å². The smallest absolute Gasteiger partial charge is 0.274 e. The van der Waals surface area contributed by atoms with Crippen molar-refractivity contribution in [3.8, 4) is 0 Å². The molecule has 0 aliphatic carbocycles. The predicted molar refractivity (Wildman–Crippen MR) is 92.3 cm³/mol. The highest BCUT2D eigenvalue weighted by molar-refractivity contribution is 7.21. The Morgan fingerprint density at radius 2 is 1.88 bits per heavy atom. The molecule has 0 radical (unpaired) electrons. The average molecular weight is 344 g/mol. The van der Waals surface area contributed by atoms with Crippen LogP contribution < -0.4 is 5.32 Å². The van der Waals surface area contributed by atoms with Crippen LogP contribution in [0, 0.1) is 29.8 Å². The van der Waals surface area contributed by atoms with Crippen LogP contribution in [-0.2, 0) is 0 Å². The number of hydrogen-bond acceptors (Lipinski definition) is 4. The van der Waals surface area contributed by atoms with E-state index in [2.05, 4.69) is 5.32 Å². The number of aryl methyl sites for hydroxylation is 1. The molecule has 0 saturated carbocycles. The van der Waals surface area contributed by atoms with Gasteiger partial charge in [0.15, 0.2) is 0 Å². The molecule has 3 aromatic rings. The Morgan fingerprint density at radius 3 is 2.54 bits per heavy atom. The maximum absolute atomic E-state index is 14.0. The fourth-order valence-corrected chi connectivity index (χ4v) is 3.72. The molecule has 2 aromatic carbocycles. The summed E-state index contributed by atoms with van der Waals surface area (Å²) in [6.45, 7) is 3.27. The molecule has 24 heavy (non-hydrogen) atoms. The number of carbonyl (C=O) groups is 1. The number of amides is 1. The lowest BCUT2D eigenvalue weighted by molar-refractivity contribution is -0.385. The van der Waals surface area contributed by atoms with Crippen molar-refractivity contribution in [1.82, 2.24) is 0 Å². The van der Waals surface area contributed by atoms with E-state index in [1.807, 2.05) is 0 Å². The largest absolute Gasteiger partial charge is 0.321 e. The van der Waals surface area contributed by atoms with E-state index in [1.54, 1.807) is 32.0 Å². The summed E-state index contributed by atoms with van der Waals surface area (Å²) < 4.78 is 14.6. The highest BCUT2D eigenvalue weighted by Crippen LogP contribution is 2.33. The fraction of sp³-hybridized carbons (Fsp3) is 0.118. The number of benzene rings is 2. The number of anilines is 1. The van der Waals surface area contributed by atoms with Crippen molar-refractivity contribution in [2.24, 2.45) is 0 Å². The SMILES string of the molecule is Cc1c(NC(=O)c2sc3cccc(F)c3c2C)cccc1[N+](=O)[O-]. The van der Waals surface area contributed by atoms with Gasteiger partial charge in [0.05, 0.1) is 21.1 Å². The Labute approximate surface area is 140 Å². The van der Waals surface area contributed by atoms with Gasteiger partial charge in [0.1, 0.15) is 5.82 Å².